The van der Waals surface area contributed by atoms with Crippen LogP contribution in [0, 0.1) is 0 Å². The van der Waals surface area contributed by atoms with E-state index >= 15 is 0 Å². The fourth-order valence-corrected chi connectivity index (χ4v) is 2.58. The molecule has 1 aromatic heterocycles. The molecule has 1 saturated carbocycles. The molecule has 0 aliphatic heterocycles. The van der Waals surface area contributed by atoms with E-state index in [0.29, 0.717) is 11.4 Å². The van der Waals surface area contributed by atoms with Gasteiger partial charge in [0, 0.05) is 5.56 Å². The SMILES string of the molecule is Cl.NC1(c2noc(-c3cccc(OC(F)F)c3)n2)CCCC1. The van der Waals surface area contributed by atoms with E-state index in [0.717, 1.165) is 25.7 Å². The summed E-state index contributed by atoms with van der Waals surface area (Å²) in [5.41, 5.74) is 6.24. The monoisotopic (exact) mass is 331 g/mol. The van der Waals surface area contributed by atoms with Gasteiger partial charge in [0.2, 0.25) is 0 Å². The Morgan fingerprint density at radius 3 is 2.68 bits per heavy atom. The lowest BCUT2D eigenvalue weighted by Gasteiger charge is -2.17. The van der Waals surface area contributed by atoms with Crippen molar-refractivity contribution in [2.75, 3.05) is 0 Å². The summed E-state index contributed by atoms with van der Waals surface area (Å²) in [7, 11) is 0. The van der Waals surface area contributed by atoms with Crippen LogP contribution in [-0.2, 0) is 5.54 Å². The zero-order chi connectivity index (χ0) is 14.9. The number of benzene rings is 1. The van der Waals surface area contributed by atoms with E-state index in [4.69, 9.17) is 10.3 Å². The summed E-state index contributed by atoms with van der Waals surface area (Å²) >= 11 is 0. The molecule has 5 nitrogen and oxygen atoms in total. The molecule has 0 unspecified atom stereocenters. The molecule has 0 spiro atoms. The zero-order valence-corrected chi connectivity index (χ0v) is 12.5. The Balaban J connectivity index is 0.00000176. The van der Waals surface area contributed by atoms with Crippen LogP contribution in [0.5, 0.6) is 5.75 Å². The molecule has 1 aromatic carbocycles. The summed E-state index contributed by atoms with van der Waals surface area (Å²) in [4.78, 5) is 4.31. The van der Waals surface area contributed by atoms with Gasteiger partial charge in [0.15, 0.2) is 5.82 Å². The van der Waals surface area contributed by atoms with Crippen molar-refractivity contribution in [3.63, 3.8) is 0 Å². The van der Waals surface area contributed by atoms with Gasteiger partial charge in [0.25, 0.3) is 5.89 Å². The quantitative estimate of drug-likeness (QED) is 0.928. The number of rotatable bonds is 4. The average molecular weight is 332 g/mol. The van der Waals surface area contributed by atoms with Gasteiger partial charge in [-0.2, -0.15) is 13.8 Å². The van der Waals surface area contributed by atoms with Crippen molar-refractivity contribution in [1.82, 2.24) is 10.1 Å². The lowest BCUT2D eigenvalue weighted by Crippen LogP contribution is -2.34. The Bertz CT molecular complexity index is 630. The van der Waals surface area contributed by atoms with Gasteiger partial charge in [0.1, 0.15) is 5.75 Å². The molecule has 1 aliphatic rings. The topological polar surface area (TPSA) is 74.2 Å². The zero-order valence-electron chi connectivity index (χ0n) is 11.7. The van der Waals surface area contributed by atoms with E-state index < -0.39 is 12.2 Å². The van der Waals surface area contributed by atoms with Crippen LogP contribution >= 0.6 is 12.4 Å². The number of nitrogens with zero attached hydrogens (tertiary/aromatic N) is 2. The van der Waals surface area contributed by atoms with Crippen molar-refractivity contribution >= 4 is 12.4 Å². The lowest BCUT2D eigenvalue weighted by atomic mass is 9.99. The smallest absolute Gasteiger partial charge is 0.387 e. The number of ether oxygens (including phenoxy) is 1. The third kappa shape index (κ3) is 3.36. The van der Waals surface area contributed by atoms with Crippen molar-refractivity contribution in [2.45, 2.75) is 37.8 Å². The molecular formula is C14H16ClF2N3O2. The maximum atomic E-state index is 12.2. The molecule has 0 amide bonds. The largest absolute Gasteiger partial charge is 0.435 e. The molecule has 3 rings (SSSR count). The predicted molar refractivity (Wildman–Crippen MR) is 77.9 cm³/mol. The van der Waals surface area contributed by atoms with Gasteiger partial charge in [-0.1, -0.05) is 24.1 Å². The maximum absolute atomic E-state index is 12.2. The van der Waals surface area contributed by atoms with E-state index in [2.05, 4.69) is 14.9 Å². The lowest BCUT2D eigenvalue weighted by molar-refractivity contribution is -0.0498. The molecule has 22 heavy (non-hydrogen) atoms. The molecule has 2 aromatic rings. The van der Waals surface area contributed by atoms with E-state index in [-0.39, 0.29) is 24.0 Å². The van der Waals surface area contributed by atoms with Crippen molar-refractivity contribution < 1.29 is 18.0 Å². The highest BCUT2D eigenvalue weighted by atomic mass is 35.5. The van der Waals surface area contributed by atoms with Gasteiger partial charge in [-0.3, -0.25) is 0 Å². The van der Waals surface area contributed by atoms with Crippen molar-refractivity contribution in [2.24, 2.45) is 5.73 Å². The molecule has 0 bridgehead atoms. The molecule has 8 heteroatoms. The average Bonchev–Trinajstić information content (AvgIpc) is 3.08. The Morgan fingerprint density at radius 2 is 2.00 bits per heavy atom. The first kappa shape index (κ1) is 16.6. The summed E-state index contributed by atoms with van der Waals surface area (Å²) in [6, 6.07) is 6.15. The van der Waals surface area contributed by atoms with Crippen molar-refractivity contribution in [3.05, 3.63) is 30.1 Å². The number of nitrogens with two attached hydrogens (primary N) is 1. The van der Waals surface area contributed by atoms with Crippen LogP contribution < -0.4 is 10.5 Å². The second-order valence-corrected chi connectivity index (χ2v) is 5.19. The molecule has 0 atom stereocenters. The summed E-state index contributed by atoms with van der Waals surface area (Å²) in [5, 5.41) is 3.94. The highest BCUT2D eigenvalue weighted by Crippen LogP contribution is 2.35. The van der Waals surface area contributed by atoms with Crippen LogP contribution in [0.1, 0.15) is 31.5 Å². The molecular weight excluding hydrogens is 316 g/mol. The first-order valence-electron chi connectivity index (χ1n) is 6.75. The number of halogens is 3. The second-order valence-electron chi connectivity index (χ2n) is 5.19. The summed E-state index contributed by atoms with van der Waals surface area (Å²) < 4.78 is 34.0. The van der Waals surface area contributed by atoms with Crippen LogP contribution in [0.25, 0.3) is 11.5 Å². The van der Waals surface area contributed by atoms with Crippen molar-refractivity contribution in [3.8, 4) is 17.2 Å². The first-order chi connectivity index (χ1) is 10.1. The van der Waals surface area contributed by atoms with Crippen LogP contribution in [-0.4, -0.2) is 16.8 Å². The third-order valence-electron chi connectivity index (χ3n) is 3.67. The van der Waals surface area contributed by atoms with Gasteiger partial charge in [-0.05, 0) is 31.0 Å². The highest BCUT2D eigenvalue weighted by Gasteiger charge is 2.36. The Labute approximate surface area is 132 Å². The summed E-state index contributed by atoms with van der Waals surface area (Å²) in [6.07, 6.45) is 3.72. The standard InChI is InChI=1S/C14H15F2N3O2.ClH/c15-13(16)20-10-5-3-4-9(8-10)11-18-12(19-21-11)14(17)6-1-2-7-14;/h3-5,8,13H,1-2,6-7,17H2;1H. The minimum Gasteiger partial charge on any atom is -0.435 e. The Hall–Kier alpha value is -1.73. The second kappa shape index (κ2) is 6.58. The molecule has 1 fully saturated rings. The minimum absolute atomic E-state index is 0. The molecule has 2 N–H and O–H groups in total. The van der Waals surface area contributed by atoms with E-state index in [1.54, 1.807) is 12.1 Å². The minimum atomic E-state index is -2.87. The number of alkyl halides is 2. The van der Waals surface area contributed by atoms with E-state index in [1.807, 2.05) is 0 Å². The van der Waals surface area contributed by atoms with Crippen LogP contribution in [0.3, 0.4) is 0 Å². The molecule has 120 valence electrons. The summed E-state index contributed by atoms with van der Waals surface area (Å²) in [5.74, 6) is 0.766. The number of hydrogen-bond donors (Lipinski definition) is 1. The van der Waals surface area contributed by atoms with Crippen LogP contribution in [0.15, 0.2) is 28.8 Å². The molecule has 1 heterocycles. The number of hydrogen-bond acceptors (Lipinski definition) is 5. The summed E-state index contributed by atoms with van der Waals surface area (Å²) in [6.45, 7) is -2.87. The van der Waals surface area contributed by atoms with Gasteiger partial charge >= 0.3 is 6.61 Å². The van der Waals surface area contributed by atoms with Crippen molar-refractivity contribution in [1.29, 1.82) is 0 Å². The van der Waals surface area contributed by atoms with Gasteiger partial charge < -0.3 is 15.0 Å². The Kier molecular flexibility index (Phi) is 4.97. The number of aromatic nitrogens is 2. The predicted octanol–water partition coefficient (Wildman–Crippen LogP) is 3.49. The third-order valence-corrected chi connectivity index (χ3v) is 3.67. The van der Waals surface area contributed by atoms with Gasteiger partial charge in [0.05, 0.1) is 5.54 Å². The Morgan fingerprint density at radius 1 is 1.27 bits per heavy atom. The first-order valence-corrected chi connectivity index (χ1v) is 6.75. The van der Waals surface area contributed by atoms with Gasteiger partial charge in [-0.15, -0.1) is 12.4 Å². The van der Waals surface area contributed by atoms with E-state index in [1.165, 1.54) is 12.1 Å². The molecule has 1 aliphatic carbocycles. The fourth-order valence-electron chi connectivity index (χ4n) is 2.58. The normalized spacial score (nSPS) is 16.5. The van der Waals surface area contributed by atoms with E-state index in [9.17, 15) is 8.78 Å². The van der Waals surface area contributed by atoms with Crippen LogP contribution in [0.2, 0.25) is 0 Å². The molecule has 0 radical (unpaired) electrons. The maximum Gasteiger partial charge on any atom is 0.387 e. The highest BCUT2D eigenvalue weighted by molar-refractivity contribution is 5.85. The van der Waals surface area contributed by atoms with Gasteiger partial charge in [-0.25, -0.2) is 0 Å². The van der Waals surface area contributed by atoms with Crippen LogP contribution in [0.4, 0.5) is 8.78 Å². The molecule has 0 saturated heterocycles. The fraction of sp³-hybridized carbons (Fsp3) is 0.429.